The first-order valence-electron chi connectivity index (χ1n) is 6.63. The van der Waals surface area contributed by atoms with Gasteiger partial charge in [-0.1, -0.05) is 12.1 Å². The molecule has 0 saturated carbocycles. The van der Waals surface area contributed by atoms with Gasteiger partial charge >= 0.3 is 11.8 Å². The van der Waals surface area contributed by atoms with Gasteiger partial charge in [0.2, 0.25) is 0 Å². The summed E-state index contributed by atoms with van der Waals surface area (Å²) in [5, 5.41) is 10.8. The number of hydrogen-bond donors (Lipinski definition) is 2. The minimum atomic E-state index is -0.978. The van der Waals surface area contributed by atoms with Crippen molar-refractivity contribution in [2.24, 2.45) is 0 Å². The number of nitro groups is 1. The Morgan fingerprint density at radius 3 is 2.36 bits per heavy atom. The summed E-state index contributed by atoms with van der Waals surface area (Å²) in [6, 6.07) is 5.30. The molecule has 1 fully saturated rings. The quantitative estimate of drug-likeness (QED) is 0.451. The van der Waals surface area contributed by atoms with Crippen LogP contribution in [-0.2, 0) is 9.59 Å². The monoisotopic (exact) mass is 306 g/mol. The molecule has 22 heavy (non-hydrogen) atoms. The molecular formula is C13H14N4O5. The maximum Gasteiger partial charge on any atom is 0.327 e. The van der Waals surface area contributed by atoms with Crippen LogP contribution in [0.2, 0.25) is 0 Å². The molecule has 2 N–H and O–H groups in total. The van der Waals surface area contributed by atoms with Gasteiger partial charge in [-0.15, -0.1) is 0 Å². The van der Waals surface area contributed by atoms with E-state index >= 15 is 0 Å². The molecule has 0 aliphatic carbocycles. The van der Waals surface area contributed by atoms with Crippen LogP contribution >= 0.6 is 0 Å². The van der Waals surface area contributed by atoms with Gasteiger partial charge < -0.3 is 4.90 Å². The largest absolute Gasteiger partial charge is 0.334 e. The van der Waals surface area contributed by atoms with Crippen LogP contribution in [0.5, 0.6) is 0 Å². The molecular weight excluding hydrogens is 292 g/mol. The fraction of sp³-hybridized carbons (Fsp3) is 0.308. The first-order chi connectivity index (χ1) is 10.5. The smallest absolute Gasteiger partial charge is 0.327 e. The number of nitro benzene ring substituents is 1. The third-order valence-corrected chi connectivity index (χ3v) is 3.22. The Kier molecular flexibility index (Phi) is 4.66. The molecule has 9 nitrogen and oxygen atoms in total. The predicted octanol–water partition coefficient (Wildman–Crippen LogP) is -0.0218. The highest BCUT2D eigenvalue weighted by Gasteiger charge is 2.25. The molecule has 2 rings (SSSR count). The molecule has 1 heterocycles. The zero-order valence-corrected chi connectivity index (χ0v) is 11.6. The molecule has 1 aliphatic rings. The van der Waals surface area contributed by atoms with Crippen LogP contribution in [0, 0.1) is 10.1 Å². The molecule has 3 amide bonds. The minimum Gasteiger partial charge on any atom is -0.334 e. The number of nitrogens with one attached hydrogen (secondary N) is 2. The first kappa shape index (κ1) is 15.4. The molecule has 0 spiro atoms. The van der Waals surface area contributed by atoms with E-state index in [1.807, 2.05) is 10.9 Å². The van der Waals surface area contributed by atoms with Crippen LogP contribution < -0.4 is 10.9 Å². The van der Waals surface area contributed by atoms with E-state index in [1.54, 1.807) is 0 Å². The fourth-order valence-corrected chi connectivity index (χ4v) is 2.12. The summed E-state index contributed by atoms with van der Waals surface area (Å²) in [4.78, 5) is 46.7. The second-order valence-corrected chi connectivity index (χ2v) is 4.68. The van der Waals surface area contributed by atoms with Crippen molar-refractivity contribution in [1.82, 2.24) is 15.8 Å². The second-order valence-electron chi connectivity index (χ2n) is 4.68. The van der Waals surface area contributed by atoms with Gasteiger partial charge in [0.25, 0.3) is 11.6 Å². The molecule has 1 aromatic carbocycles. The van der Waals surface area contributed by atoms with E-state index < -0.39 is 22.6 Å². The maximum absolute atomic E-state index is 11.9. The lowest BCUT2D eigenvalue weighted by Gasteiger charge is -2.14. The Balaban J connectivity index is 1.96. The third-order valence-electron chi connectivity index (χ3n) is 3.22. The Morgan fingerprint density at radius 1 is 1.09 bits per heavy atom. The normalized spacial score (nSPS) is 13.5. The Hall–Kier alpha value is -2.97. The zero-order chi connectivity index (χ0) is 16.1. The number of nitrogens with zero attached hydrogens (tertiary/aromatic N) is 2. The second kappa shape index (κ2) is 6.66. The molecule has 0 bridgehead atoms. The average molecular weight is 306 g/mol. The van der Waals surface area contributed by atoms with E-state index in [4.69, 9.17) is 0 Å². The topological polar surface area (TPSA) is 122 Å². The minimum absolute atomic E-state index is 0.207. The van der Waals surface area contributed by atoms with Crippen LogP contribution in [0.15, 0.2) is 24.3 Å². The van der Waals surface area contributed by atoms with Gasteiger partial charge in [-0.25, -0.2) is 0 Å². The van der Waals surface area contributed by atoms with Crippen LogP contribution in [0.25, 0.3) is 0 Å². The number of rotatable bonds is 2. The van der Waals surface area contributed by atoms with E-state index in [2.05, 4.69) is 0 Å². The Morgan fingerprint density at radius 2 is 1.73 bits per heavy atom. The summed E-state index contributed by atoms with van der Waals surface area (Å²) in [7, 11) is 0. The van der Waals surface area contributed by atoms with Crippen LogP contribution in [0.4, 0.5) is 5.69 Å². The van der Waals surface area contributed by atoms with Crippen molar-refractivity contribution in [2.75, 3.05) is 13.1 Å². The highest BCUT2D eigenvalue weighted by Crippen LogP contribution is 2.16. The van der Waals surface area contributed by atoms with E-state index in [0.717, 1.165) is 12.8 Å². The number of carbonyl (C=O) groups is 3. The number of carbonyl (C=O) groups excluding carboxylic acids is 3. The fourth-order valence-electron chi connectivity index (χ4n) is 2.12. The summed E-state index contributed by atoms with van der Waals surface area (Å²) in [6.45, 7) is 1.01. The highest BCUT2D eigenvalue weighted by molar-refractivity contribution is 6.35. The summed E-state index contributed by atoms with van der Waals surface area (Å²) in [6.07, 6.45) is 1.67. The Labute approximate surface area is 125 Å². The van der Waals surface area contributed by atoms with Gasteiger partial charge in [0.05, 0.1) is 4.92 Å². The Bertz CT molecular complexity index is 625. The van der Waals surface area contributed by atoms with Crippen molar-refractivity contribution in [3.8, 4) is 0 Å². The van der Waals surface area contributed by atoms with Crippen LogP contribution in [0.1, 0.15) is 23.2 Å². The third kappa shape index (κ3) is 3.37. The van der Waals surface area contributed by atoms with E-state index in [0.29, 0.717) is 13.1 Å². The van der Waals surface area contributed by atoms with Gasteiger partial charge in [0.15, 0.2) is 0 Å². The van der Waals surface area contributed by atoms with Gasteiger partial charge in [-0.3, -0.25) is 35.3 Å². The molecule has 1 aliphatic heterocycles. The van der Waals surface area contributed by atoms with Gasteiger partial charge in [0, 0.05) is 19.2 Å². The van der Waals surface area contributed by atoms with Gasteiger partial charge in [0.1, 0.15) is 5.56 Å². The molecule has 0 atom stereocenters. The average Bonchev–Trinajstić information content (AvgIpc) is 3.05. The van der Waals surface area contributed by atoms with E-state index in [1.165, 1.54) is 29.2 Å². The molecule has 1 aromatic rings. The molecule has 0 unspecified atom stereocenters. The number of hydrogen-bond acceptors (Lipinski definition) is 5. The number of benzene rings is 1. The number of likely N-dealkylation sites (tertiary alicyclic amines) is 1. The molecule has 1 saturated heterocycles. The van der Waals surface area contributed by atoms with E-state index in [-0.39, 0.29) is 11.3 Å². The number of para-hydroxylation sites is 1. The van der Waals surface area contributed by atoms with Crippen LogP contribution in [0.3, 0.4) is 0 Å². The number of hydrazine groups is 1. The zero-order valence-electron chi connectivity index (χ0n) is 11.6. The predicted molar refractivity (Wildman–Crippen MR) is 74.5 cm³/mol. The van der Waals surface area contributed by atoms with Crippen molar-refractivity contribution >= 4 is 23.4 Å². The molecule has 0 radical (unpaired) electrons. The van der Waals surface area contributed by atoms with Crippen molar-refractivity contribution in [2.45, 2.75) is 12.8 Å². The summed E-state index contributed by atoms with van der Waals surface area (Å²) in [5.74, 6) is -2.58. The van der Waals surface area contributed by atoms with Crippen LogP contribution in [-0.4, -0.2) is 40.6 Å². The molecule has 9 heteroatoms. The van der Waals surface area contributed by atoms with Crippen molar-refractivity contribution < 1.29 is 19.3 Å². The standard InChI is InChI=1S/C13H14N4O5/c18-11(9-5-1-2-6-10(9)17(21)22)14-15-12(19)13(20)16-7-3-4-8-16/h1-2,5-6H,3-4,7-8H2,(H,14,18)(H,15,19). The van der Waals surface area contributed by atoms with Crippen molar-refractivity contribution in [1.29, 1.82) is 0 Å². The molecule has 116 valence electrons. The van der Waals surface area contributed by atoms with Gasteiger partial charge in [-0.05, 0) is 18.9 Å². The van der Waals surface area contributed by atoms with Gasteiger partial charge in [-0.2, -0.15) is 0 Å². The summed E-state index contributed by atoms with van der Waals surface area (Å²) in [5.41, 5.74) is 3.38. The maximum atomic E-state index is 11.9. The lowest BCUT2D eigenvalue weighted by molar-refractivity contribution is -0.385. The molecule has 0 aromatic heterocycles. The summed E-state index contributed by atoms with van der Waals surface area (Å²) >= 11 is 0. The number of amides is 3. The lowest BCUT2D eigenvalue weighted by atomic mass is 10.2. The van der Waals surface area contributed by atoms with E-state index in [9.17, 15) is 24.5 Å². The van der Waals surface area contributed by atoms with Crippen molar-refractivity contribution in [3.63, 3.8) is 0 Å². The SMILES string of the molecule is O=C(NNC(=O)c1ccccc1[N+](=O)[O-])C(=O)N1CCCC1. The first-order valence-corrected chi connectivity index (χ1v) is 6.63. The summed E-state index contributed by atoms with van der Waals surface area (Å²) < 4.78 is 0. The highest BCUT2D eigenvalue weighted by atomic mass is 16.6. The lowest BCUT2D eigenvalue weighted by Crippen LogP contribution is -2.49. The van der Waals surface area contributed by atoms with Crippen molar-refractivity contribution in [3.05, 3.63) is 39.9 Å².